The molecule has 0 aliphatic heterocycles. The molecular formula is C14H16ClN3O4. The van der Waals surface area contributed by atoms with Gasteiger partial charge in [-0.15, -0.1) is 5.10 Å². The molecule has 118 valence electrons. The van der Waals surface area contributed by atoms with Crippen LogP contribution in [-0.4, -0.2) is 41.7 Å². The first-order chi connectivity index (χ1) is 10.6. The highest BCUT2D eigenvalue weighted by Crippen LogP contribution is 2.39. The lowest BCUT2D eigenvalue weighted by molar-refractivity contribution is 0.0520. The zero-order valence-corrected chi connectivity index (χ0v) is 13.2. The molecule has 0 amide bonds. The van der Waals surface area contributed by atoms with Crippen LogP contribution in [0.15, 0.2) is 12.1 Å². The Morgan fingerprint density at radius 3 is 2.68 bits per heavy atom. The van der Waals surface area contributed by atoms with Gasteiger partial charge in [0.05, 0.1) is 25.3 Å². The molecule has 8 heteroatoms. The number of ether oxygens (including phenoxy) is 3. The molecule has 2 aromatic rings. The van der Waals surface area contributed by atoms with Gasteiger partial charge in [0.25, 0.3) is 0 Å². The van der Waals surface area contributed by atoms with E-state index in [0.29, 0.717) is 34.4 Å². The van der Waals surface area contributed by atoms with Gasteiger partial charge in [0.15, 0.2) is 17.2 Å². The first-order valence-corrected chi connectivity index (χ1v) is 7.08. The van der Waals surface area contributed by atoms with Crippen LogP contribution < -0.4 is 9.47 Å². The third kappa shape index (κ3) is 3.14. The zero-order valence-electron chi connectivity index (χ0n) is 12.5. The second-order valence-electron chi connectivity index (χ2n) is 4.16. The number of H-pyrrole nitrogens is 1. The number of methoxy groups -OCH3 is 1. The molecule has 0 fully saturated rings. The summed E-state index contributed by atoms with van der Waals surface area (Å²) < 4.78 is 15.7. The predicted octanol–water partition coefficient (Wildman–Crippen LogP) is 2.71. The zero-order chi connectivity index (χ0) is 16.1. The maximum Gasteiger partial charge on any atom is 0.361 e. The lowest BCUT2D eigenvalue weighted by Gasteiger charge is -2.12. The summed E-state index contributed by atoms with van der Waals surface area (Å²) in [7, 11) is 1.51. The van der Waals surface area contributed by atoms with E-state index < -0.39 is 5.97 Å². The van der Waals surface area contributed by atoms with E-state index >= 15 is 0 Å². The molecule has 0 unspecified atom stereocenters. The van der Waals surface area contributed by atoms with Crippen LogP contribution in [0.2, 0.25) is 5.02 Å². The minimum Gasteiger partial charge on any atom is -0.493 e. The molecule has 7 nitrogen and oxygen atoms in total. The van der Waals surface area contributed by atoms with Crippen LogP contribution in [0.4, 0.5) is 0 Å². The van der Waals surface area contributed by atoms with E-state index in [1.807, 2.05) is 6.92 Å². The van der Waals surface area contributed by atoms with Crippen molar-refractivity contribution in [2.75, 3.05) is 20.3 Å². The Kier molecular flexibility index (Phi) is 5.21. The Labute approximate surface area is 132 Å². The van der Waals surface area contributed by atoms with E-state index in [1.165, 1.54) is 7.11 Å². The van der Waals surface area contributed by atoms with Gasteiger partial charge in [-0.05, 0) is 26.0 Å². The molecule has 2 rings (SSSR count). The van der Waals surface area contributed by atoms with Crippen LogP contribution in [0.5, 0.6) is 11.5 Å². The van der Waals surface area contributed by atoms with E-state index in [1.54, 1.807) is 19.1 Å². The van der Waals surface area contributed by atoms with Gasteiger partial charge < -0.3 is 14.2 Å². The fourth-order valence-electron chi connectivity index (χ4n) is 1.91. The minimum absolute atomic E-state index is 0.0872. The quantitative estimate of drug-likeness (QED) is 0.822. The van der Waals surface area contributed by atoms with Crippen LogP contribution in [0.25, 0.3) is 11.3 Å². The molecule has 0 aliphatic rings. The van der Waals surface area contributed by atoms with Crippen molar-refractivity contribution in [1.29, 1.82) is 0 Å². The average molecular weight is 326 g/mol. The molecule has 0 radical (unpaired) electrons. The van der Waals surface area contributed by atoms with E-state index in [2.05, 4.69) is 15.4 Å². The average Bonchev–Trinajstić information content (AvgIpc) is 2.99. The van der Waals surface area contributed by atoms with Crippen molar-refractivity contribution < 1.29 is 19.0 Å². The lowest BCUT2D eigenvalue weighted by Crippen LogP contribution is -2.07. The van der Waals surface area contributed by atoms with Crippen molar-refractivity contribution in [3.63, 3.8) is 0 Å². The van der Waals surface area contributed by atoms with Gasteiger partial charge in [0, 0.05) is 5.56 Å². The van der Waals surface area contributed by atoms with Crippen molar-refractivity contribution >= 4 is 17.6 Å². The summed E-state index contributed by atoms with van der Waals surface area (Å²) in [4.78, 5) is 11.9. The van der Waals surface area contributed by atoms with E-state index in [0.717, 1.165) is 0 Å². The van der Waals surface area contributed by atoms with Crippen LogP contribution >= 0.6 is 11.6 Å². The molecule has 0 saturated carbocycles. The van der Waals surface area contributed by atoms with Gasteiger partial charge in [-0.1, -0.05) is 11.6 Å². The molecule has 22 heavy (non-hydrogen) atoms. The summed E-state index contributed by atoms with van der Waals surface area (Å²) in [5, 5.41) is 10.6. The van der Waals surface area contributed by atoms with Gasteiger partial charge in [0.1, 0.15) is 5.69 Å². The molecule has 1 N–H and O–H groups in total. The number of carbonyl (C=O) groups is 1. The maximum absolute atomic E-state index is 11.9. The van der Waals surface area contributed by atoms with Crippen molar-refractivity contribution in [2.45, 2.75) is 13.8 Å². The van der Waals surface area contributed by atoms with Crippen molar-refractivity contribution in [2.24, 2.45) is 0 Å². The highest BCUT2D eigenvalue weighted by molar-refractivity contribution is 6.32. The highest BCUT2D eigenvalue weighted by atomic mass is 35.5. The van der Waals surface area contributed by atoms with E-state index in [4.69, 9.17) is 25.8 Å². The molecule has 0 atom stereocenters. The monoisotopic (exact) mass is 325 g/mol. The topological polar surface area (TPSA) is 86.3 Å². The number of hydrogen-bond acceptors (Lipinski definition) is 6. The summed E-state index contributed by atoms with van der Waals surface area (Å²) in [5.41, 5.74) is 0.993. The third-order valence-corrected chi connectivity index (χ3v) is 3.09. The maximum atomic E-state index is 11.9. The number of benzene rings is 1. The van der Waals surface area contributed by atoms with Crippen LogP contribution in [0.3, 0.4) is 0 Å². The molecule has 0 bridgehead atoms. The normalized spacial score (nSPS) is 10.4. The Morgan fingerprint density at radius 1 is 1.27 bits per heavy atom. The summed E-state index contributed by atoms with van der Waals surface area (Å²) in [6.45, 7) is 4.26. The second-order valence-corrected chi connectivity index (χ2v) is 4.57. The number of carbonyl (C=O) groups excluding carboxylic acids is 1. The third-order valence-electron chi connectivity index (χ3n) is 2.81. The van der Waals surface area contributed by atoms with E-state index in [-0.39, 0.29) is 12.3 Å². The number of hydrogen-bond donors (Lipinski definition) is 1. The van der Waals surface area contributed by atoms with Crippen LogP contribution in [0, 0.1) is 0 Å². The second kappa shape index (κ2) is 7.13. The molecule has 1 aromatic carbocycles. The number of nitrogens with zero attached hydrogens (tertiary/aromatic N) is 2. The Hall–Kier alpha value is -2.28. The smallest absolute Gasteiger partial charge is 0.361 e. The lowest BCUT2D eigenvalue weighted by atomic mass is 10.1. The van der Waals surface area contributed by atoms with Gasteiger partial charge in [0.2, 0.25) is 0 Å². The van der Waals surface area contributed by atoms with Crippen molar-refractivity contribution in [3.05, 3.63) is 22.8 Å². The fourth-order valence-corrected chi connectivity index (χ4v) is 2.18. The minimum atomic E-state index is -0.560. The standard InChI is InChI=1S/C14H16ClN3O4/c1-4-21-13-9(15)6-8(7-10(13)20-3)11-12(17-18-16-11)14(19)22-5-2/h6-7H,4-5H2,1-3H3,(H,16,17,18). The molecule has 0 spiro atoms. The summed E-state index contributed by atoms with van der Waals surface area (Å²) in [5.74, 6) is 0.328. The van der Waals surface area contributed by atoms with Crippen molar-refractivity contribution in [3.8, 4) is 22.8 Å². The Bertz CT molecular complexity index is 672. The number of aromatic nitrogens is 3. The number of nitrogens with one attached hydrogen (secondary N) is 1. The number of halogens is 1. The van der Waals surface area contributed by atoms with Crippen molar-refractivity contribution in [1.82, 2.24) is 15.4 Å². The SMILES string of the molecule is CCOC(=O)c1n[nH]nc1-c1cc(Cl)c(OCC)c(OC)c1. The predicted molar refractivity (Wildman–Crippen MR) is 80.5 cm³/mol. The Morgan fingerprint density at radius 2 is 2.05 bits per heavy atom. The summed E-state index contributed by atoms with van der Waals surface area (Å²) in [6.07, 6.45) is 0. The largest absolute Gasteiger partial charge is 0.493 e. The van der Waals surface area contributed by atoms with Gasteiger partial charge >= 0.3 is 5.97 Å². The van der Waals surface area contributed by atoms with Crippen LogP contribution in [-0.2, 0) is 4.74 Å². The molecular weight excluding hydrogens is 310 g/mol. The molecule has 0 aliphatic carbocycles. The summed E-state index contributed by atoms with van der Waals surface area (Å²) >= 11 is 6.22. The first-order valence-electron chi connectivity index (χ1n) is 6.70. The summed E-state index contributed by atoms with van der Waals surface area (Å²) in [6, 6.07) is 3.31. The number of esters is 1. The number of aromatic amines is 1. The van der Waals surface area contributed by atoms with E-state index in [9.17, 15) is 4.79 Å². The first kappa shape index (κ1) is 16.1. The van der Waals surface area contributed by atoms with Crippen LogP contribution in [0.1, 0.15) is 24.3 Å². The van der Waals surface area contributed by atoms with Gasteiger partial charge in [-0.2, -0.15) is 10.3 Å². The number of rotatable bonds is 6. The fraction of sp³-hybridized carbons (Fsp3) is 0.357. The highest BCUT2D eigenvalue weighted by Gasteiger charge is 2.21. The van der Waals surface area contributed by atoms with Gasteiger partial charge in [-0.3, -0.25) is 0 Å². The van der Waals surface area contributed by atoms with Gasteiger partial charge in [-0.25, -0.2) is 4.79 Å². The molecule has 1 aromatic heterocycles. The molecule has 0 saturated heterocycles. The molecule has 1 heterocycles. The Balaban J connectivity index is 2.48.